The fraction of sp³-hybridized carbons (Fsp3) is 0.111. The van der Waals surface area contributed by atoms with Crippen LogP contribution in [-0.2, 0) is 5.33 Å². The summed E-state index contributed by atoms with van der Waals surface area (Å²) < 4.78 is 0.281. The second kappa shape index (κ2) is 4.90. The summed E-state index contributed by atoms with van der Waals surface area (Å²) in [5.41, 5.74) is 2.23. The Morgan fingerprint density at radius 1 is 1.33 bits per heavy atom. The van der Waals surface area contributed by atoms with Gasteiger partial charge in [0, 0.05) is 5.33 Å². The second-order valence-corrected chi connectivity index (χ2v) is 3.84. The highest BCUT2D eigenvalue weighted by molar-refractivity contribution is 9.08. The van der Waals surface area contributed by atoms with E-state index in [0.29, 0.717) is 0 Å². The Balaban J connectivity index is 3.05. The Bertz CT molecular complexity index is 290. The maximum absolute atomic E-state index is 5.55. The Morgan fingerprint density at radius 3 is 2.58 bits per heavy atom. The van der Waals surface area contributed by atoms with Crippen molar-refractivity contribution in [2.24, 2.45) is 0 Å². The minimum atomic E-state index is 0.281. The molecule has 1 aromatic carbocycles. The first kappa shape index (κ1) is 10.1. The molecular weight excluding hydrogens is 259 g/mol. The van der Waals surface area contributed by atoms with Gasteiger partial charge in [-0.05, 0) is 17.2 Å². The van der Waals surface area contributed by atoms with Gasteiger partial charge in [-0.2, -0.15) is 0 Å². The Hall–Kier alpha value is 0.0200. The zero-order valence-electron chi connectivity index (χ0n) is 6.23. The maximum Gasteiger partial charge on any atom is 0.107 e. The molecule has 0 N–H and O–H groups in total. The van der Waals surface area contributed by atoms with Gasteiger partial charge in [0.2, 0.25) is 0 Å². The predicted molar refractivity (Wildman–Crippen MR) is 58.8 cm³/mol. The van der Waals surface area contributed by atoms with Crippen molar-refractivity contribution in [2.45, 2.75) is 5.33 Å². The molecule has 0 aliphatic carbocycles. The molecule has 0 spiro atoms. The molecule has 64 valence electrons. The van der Waals surface area contributed by atoms with Gasteiger partial charge in [-0.3, -0.25) is 0 Å². The molecule has 12 heavy (non-hydrogen) atoms. The lowest BCUT2D eigenvalue weighted by atomic mass is 10.1. The Labute approximate surface area is 90.3 Å². The Kier molecular flexibility index (Phi) is 4.13. The highest BCUT2D eigenvalue weighted by Crippen LogP contribution is 2.18. The summed E-state index contributed by atoms with van der Waals surface area (Å²) in [6.07, 6.45) is 1.74. The smallest absolute Gasteiger partial charge is 0.0876 e. The first-order valence-corrected chi connectivity index (χ1v) is 5.28. The molecule has 0 aliphatic heterocycles. The van der Waals surface area contributed by atoms with Crippen LogP contribution in [0, 0.1) is 0 Å². The van der Waals surface area contributed by atoms with Crippen molar-refractivity contribution in [2.75, 3.05) is 0 Å². The van der Waals surface area contributed by atoms with Gasteiger partial charge in [-0.25, -0.2) is 0 Å². The zero-order valence-corrected chi connectivity index (χ0v) is 9.33. The summed E-state index contributed by atoms with van der Waals surface area (Å²) in [7, 11) is 0. The van der Waals surface area contributed by atoms with Crippen molar-refractivity contribution >= 4 is 45.2 Å². The van der Waals surface area contributed by atoms with Crippen LogP contribution in [-0.4, -0.2) is 0 Å². The normalized spacial score (nSPS) is 9.58. The third-order valence-corrected chi connectivity index (χ3v) is 2.29. The van der Waals surface area contributed by atoms with Gasteiger partial charge in [0.25, 0.3) is 0 Å². The third-order valence-electron chi connectivity index (χ3n) is 1.46. The van der Waals surface area contributed by atoms with Crippen molar-refractivity contribution in [1.29, 1.82) is 0 Å². The van der Waals surface area contributed by atoms with Crippen LogP contribution in [0.1, 0.15) is 11.1 Å². The van der Waals surface area contributed by atoms with Gasteiger partial charge < -0.3 is 0 Å². The second-order valence-electron chi connectivity index (χ2n) is 2.27. The fourth-order valence-electron chi connectivity index (χ4n) is 0.914. The van der Waals surface area contributed by atoms with E-state index in [-0.39, 0.29) is 4.49 Å². The number of benzene rings is 1. The first-order valence-electron chi connectivity index (χ1n) is 3.40. The maximum atomic E-state index is 5.55. The summed E-state index contributed by atoms with van der Waals surface area (Å²) in [4.78, 5) is 0. The van der Waals surface area contributed by atoms with E-state index in [1.807, 2.05) is 24.3 Å². The minimum Gasteiger partial charge on any atom is -0.0876 e. The van der Waals surface area contributed by atoms with Gasteiger partial charge in [-0.15, -0.1) is 0 Å². The van der Waals surface area contributed by atoms with E-state index in [9.17, 15) is 0 Å². The molecule has 0 atom stereocenters. The molecule has 0 heterocycles. The molecule has 0 fully saturated rings. The molecule has 0 amide bonds. The number of halogens is 3. The van der Waals surface area contributed by atoms with Crippen molar-refractivity contribution in [1.82, 2.24) is 0 Å². The van der Waals surface area contributed by atoms with E-state index in [0.717, 1.165) is 10.9 Å². The molecular formula is C9H7BrCl2. The molecule has 0 saturated carbocycles. The fourth-order valence-corrected chi connectivity index (χ4v) is 1.66. The van der Waals surface area contributed by atoms with Gasteiger partial charge in [0.1, 0.15) is 4.49 Å². The summed E-state index contributed by atoms with van der Waals surface area (Å²) >= 11 is 14.5. The molecule has 3 heteroatoms. The Morgan fingerprint density at radius 2 is 2.00 bits per heavy atom. The standard InChI is InChI=1S/C9H7BrCl2/c10-6-8-4-2-1-3-7(8)5-9(11)12/h1-5H,6H2. The lowest BCUT2D eigenvalue weighted by Crippen LogP contribution is -1.82. The van der Waals surface area contributed by atoms with Crippen LogP contribution in [0.4, 0.5) is 0 Å². The van der Waals surface area contributed by atoms with E-state index < -0.39 is 0 Å². The average molecular weight is 266 g/mol. The number of rotatable bonds is 2. The molecule has 0 aromatic heterocycles. The SMILES string of the molecule is ClC(Cl)=Cc1ccccc1CBr. The molecule has 0 radical (unpaired) electrons. The van der Waals surface area contributed by atoms with Crippen LogP contribution in [0.2, 0.25) is 0 Å². The average Bonchev–Trinajstić information content (AvgIpc) is 2.04. The summed E-state index contributed by atoms with van der Waals surface area (Å²) in [6, 6.07) is 7.93. The molecule has 0 aliphatic rings. The van der Waals surface area contributed by atoms with Crippen LogP contribution in [0.15, 0.2) is 28.8 Å². The molecule has 0 unspecified atom stereocenters. The number of alkyl halides is 1. The number of hydrogen-bond donors (Lipinski definition) is 0. The predicted octanol–water partition coefficient (Wildman–Crippen LogP) is 4.36. The van der Waals surface area contributed by atoms with Gasteiger partial charge in [0.05, 0.1) is 0 Å². The summed E-state index contributed by atoms with van der Waals surface area (Å²) in [6.45, 7) is 0. The molecule has 0 nitrogen and oxygen atoms in total. The summed E-state index contributed by atoms with van der Waals surface area (Å²) in [5.74, 6) is 0. The van der Waals surface area contributed by atoms with Gasteiger partial charge in [-0.1, -0.05) is 63.4 Å². The highest BCUT2D eigenvalue weighted by Gasteiger charge is 1.96. The highest BCUT2D eigenvalue weighted by atomic mass is 79.9. The quantitative estimate of drug-likeness (QED) is 0.697. The molecule has 1 aromatic rings. The van der Waals surface area contributed by atoms with Crippen molar-refractivity contribution in [3.8, 4) is 0 Å². The van der Waals surface area contributed by atoms with Crippen molar-refractivity contribution < 1.29 is 0 Å². The van der Waals surface area contributed by atoms with E-state index in [1.54, 1.807) is 6.08 Å². The van der Waals surface area contributed by atoms with Crippen LogP contribution in [0.3, 0.4) is 0 Å². The van der Waals surface area contributed by atoms with Crippen LogP contribution < -0.4 is 0 Å². The monoisotopic (exact) mass is 264 g/mol. The largest absolute Gasteiger partial charge is 0.107 e. The lowest BCUT2D eigenvalue weighted by Gasteiger charge is -2.00. The van der Waals surface area contributed by atoms with Gasteiger partial charge in [0.15, 0.2) is 0 Å². The lowest BCUT2D eigenvalue weighted by molar-refractivity contribution is 1.41. The summed E-state index contributed by atoms with van der Waals surface area (Å²) in [5, 5.41) is 0.806. The van der Waals surface area contributed by atoms with E-state index in [4.69, 9.17) is 23.2 Å². The topological polar surface area (TPSA) is 0 Å². The van der Waals surface area contributed by atoms with Crippen LogP contribution in [0.25, 0.3) is 6.08 Å². The number of hydrogen-bond acceptors (Lipinski definition) is 0. The minimum absolute atomic E-state index is 0.281. The van der Waals surface area contributed by atoms with Crippen molar-refractivity contribution in [3.05, 3.63) is 39.9 Å². The first-order chi connectivity index (χ1) is 5.74. The van der Waals surface area contributed by atoms with Crippen LogP contribution >= 0.6 is 39.1 Å². The molecule has 0 saturated heterocycles. The van der Waals surface area contributed by atoms with Gasteiger partial charge >= 0.3 is 0 Å². The molecule has 1 rings (SSSR count). The van der Waals surface area contributed by atoms with E-state index in [2.05, 4.69) is 15.9 Å². The zero-order chi connectivity index (χ0) is 8.97. The van der Waals surface area contributed by atoms with Crippen LogP contribution in [0.5, 0.6) is 0 Å². The van der Waals surface area contributed by atoms with Crippen molar-refractivity contribution in [3.63, 3.8) is 0 Å². The van der Waals surface area contributed by atoms with E-state index in [1.165, 1.54) is 5.56 Å². The van der Waals surface area contributed by atoms with E-state index >= 15 is 0 Å². The molecule has 0 bridgehead atoms. The third kappa shape index (κ3) is 2.81.